The number of hydrogen-bond donors (Lipinski definition) is 0. The van der Waals surface area contributed by atoms with E-state index in [1.54, 1.807) is 18.9 Å². The van der Waals surface area contributed by atoms with E-state index in [4.69, 9.17) is 9.47 Å². The Morgan fingerprint density at radius 2 is 1.93 bits per heavy atom. The average Bonchev–Trinajstić information content (AvgIpc) is 3.43. The molecule has 4 rings (SSSR count). The van der Waals surface area contributed by atoms with E-state index in [0.717, 1.165) is 22.5 Å². The zero-order valence-corrected chi connectivity index (χ0v) is 16.3. The largest absolute Gasteiger partial charge is 0.493 e. The molecular formula is C20H20N6O3. The van der Waals surface area contributed by atoms with Crippen LogP contribution in [-0.4, -0.2) is 51.1 Å². The van der Waals surface area contributed by atoms with Crippen LogP contribution in [0.3, 0.4) is 0 Å². The average molecular weight is 392 g/mol. The van der Waals surface area contributed by atoms with Gasteiger partial charge in [0.25, 0.3) is 0 Å². The van der Waals surface area contributed by atoms with Crippen molar-refractivity contribution in [3.05, 3.63) is 59.9 Å². The van der Waals surface area contributed by atoms with Crippen LogP contribution in [0.5, 0.6) is 11.5 Å². The van der Waals surface area contributed by atoms with E-state index < -0.39 is 0 Å². The summed E-state index contributed by atoms with van der Waals surface area (Å²) in [5, 5.41) is 17.4. The lowest BCUT2D eigenvalue weighted by Crippen LogP contribution is -2.24. The fraction of sp³-hybridized carbons (Fsp3) is 0.250. The number of carbonyl (C=O) groups excluding carboxylic acids is 1. The summed E-state index contributed by atoms with van der Waals surface area (Å²) in [5.41, 5.74) is 3.47. The molecule has 1 unspecified atom stereocenters. The highest BCUT2D eigenvalue weighted by Crippen LogP contribution is 2.37. The van der Waals surface area contributed by atoms with Gasteiger partial charge >= 0.3 is 0 Å². The third-order valence-electron chi connectivity index (χ3n) is 4.82. The summed E-state index contributed by atoms with van der Waals surface area (Å²) in [6, 6.07) is 13.2. The van der Waals surface area contributed by atoms with Gasteiger partial charge < -0.3 is 9.47 Å². The number of ether oxygens (including phenoxy) is 2. The van der Waals surface area contributed by atoms with E-state index in [-0.39, 0.29) is 11.9 Å². The van der Waals surface area contributed by atoms with Crippen LogP contribution < -0.4 is 9.47 Å². The first-order valence-electron chi connectivity index (χ1n) is 9.03. The van der Waals surface area contributed by atoms with Crippen molar-refractivity contribution >= 4 is 11.6 Å². The Labute approximate surface area is 167 Å². The molecule has 0 bridgehead atoms. The number of rotatable bonds is 5. The molecule has 0 saturated carbocycles. The molecule has 9 heteroatoms. The number of hydrazone groups is 1. The smallest absolute Gasteiger partial charge is 0.240 e. The molecule has 0 saturated heterocycles. The molecule has 0 aliphatic carbocycles. The minimum absolute atomic E-state index is 0.128. The first-order valence-corrected chi connectivity index (χ1v) is 9.03. The molecule has 0 spiro atoms. The normalized spacial score (nSPS) is 15.9. The summed E-state index contributed by atoms with van der Waals surface area (Å²) in [6.45, 7) is 1.51. The highest BCUT2D eigenvalue weighted by atomic mass is 16.5. The van der Waals surface area contributed by atoms with Gasteiger partial charge in [0.05, 0.1) is 31.7 Å². The monoisotopic (exact) mass is 392 g/mol. The van der Waals surface area contributed by atoms with E-state index in [1.807, 2.05) is 42.5 Å². The molecule has 1 aliphatic rings. The Balaban J connectivity index is 1.67. The quantitative estimate of drug-likeness (QED) is 0.662. The lowest BCUT2D eigenvalue weighted by molar-refractivity contribution is -0.130. The number of tetrazole rings is 1. The van der Waals surface area contributed by atoms with Gasteiger partial charge in [0.2, 0.25) is 5.91 Å². The summed E-state index contributed by atoms with van der Waals surface area (Å²) >= 11 is 0. The molecule has 1 amide bonds. The molecule has 2 aromatic carbocycles. The molecule has 29 heavy (non-hydrogen) atoms. The first kappa shape index (κ1) is 18.6. The number of aromatic nitrogens is 4. The van der Waals surface area contributed by atoms with Crippen LogP contribution in [0.15, 0.2) is 53.9 Å². The van der Waals surface area contributed by atoms with Gasteiger partial charge in [-0.25, -0.2) is 9.69 Å². The second kappa shape index (κ2) is 7.70. The van der Waals surface area contributed by atoms with Crippen LogP contribution in [-0.2, 0) is 4.79 Å². The summed E-state index contributed by atoms with van der Waals surface area (Å²) < 4.78 is 12.3. The lowest BCUT2D eigenvalue weighted by atomic mass is 9.97. The van der Waals surface area contributed by atoms with Gasteiger partial charge in [0.15, 0.2) is 11.5 Å². The van der Waals surface area contributed by atoms with Gasteiger partial charge in [-0.05, 0) is 45.8 Å². The number of benzene rings is 2. The molecule has 2 heterocycles. The van der Waals surface area contributed by atoms with Gasteiger partial charge in [0.1, 0.15) is 6.33 Å². The Kier molecular flexibility index (Phi) is 4.94. The van der Waals surface area contributed by atoms with E-state index in [9.17, 15) is 4.79 Å². The van der Waals surface area contributed by atoms with E-state index in [1.165, 1.54) is 18.3 Å². The van der Waals surface area contributed by atoms with Crippen molar-refractivity contribution in [2.24, 2.45) is 5.10 Å². The zero-order valence-electron chi connectivity index (χ0n) is 16.3. The van der Waals surface area contributed by atoms with Crippen molar-refractivity contribution in [3.8, 4) is 17.2 Å². The van der Waals surface area contributed by atoms with E-state index in [0.29, 0.717) is 17.9 Å². The maximum atomic E-state index is 12.3. The molecule has 1 aliphatic heterocycles. The molecule has 0 N–H and O–H groups in total. The van der Waals surface area contributed by atoms with E-state index in [2.05, 4.69) is 20.6 Å². The van der Waals surface area contributed by atoms with Crippen molar-refractivity contribution in [1.82, 2.24) is 25.2 Å². The molecule has 3 aromatic rings. The van der Waals surface area contributed by atoms with Crippen molar-refractivity contribution in [1.29, 1.82) is 0 Å². The Morgan fingerprint density at radius 1 is 1.10 bits per heavy atom. The second-order valence-corrected chi connectivity index (χ2v) is 6.55. The van der Waals surface area contributed by atoms with Crippen LogP contribution in [0, 0.1) is 0 Å². The maximum absolute atomic E-state index is 12.3. The number of hydrogen-bond acceptors (Lipinski definition) is 7. The molecule has 9 nitrogen and oxygen atoms in total. The lowest BCUT2D eigenvalue weighted by Gasteiger charge is -2.21. The van der Waals surface area contributed by atoms with Crippen LogP contribution in [0.1, 0.15) is 30.5 Å². The van der Waals surface area contributed by atoms with Crippen molar-refractivity contribution in [2.75, 3.05) is 14.2 Å². The van der Waals surface area contributed by atoms with Crippen molar-refractivity contribution < 1.29 is 14.3 Å². The predicted octanol–water partition coefficient (Wildman–Crippen LogP) is 2.38. The van der Waals surface area contributed by atoms with Gasteiger partial charge in [-0.3, -0.25) is 4.79 Å². The SMILES string of the molecule is COc1ccc(C2CC(c3cccc(-n4cnnn4)c3)=NN2C(C)=O)cc1OC. The number of nitrogens with zero attached hydrogens (tertiary/aromatic N) is 6. The van der Waals surface area contributed by atoms with Gasteiger partial charge in [-0.15, -0.1) is 5.10 Å². The highest BCUT2D eigenvalue weighted by Gasteiger charge is 2.32. The summed E-state index contributed by atoms with van der Waals surface area (Å²) in [7, 11) is 3.18. The highest BCUT2D eigenvalue weighted by molar-refractivity contribution is 6.03. The Bertz CT molecular complexity index is 1060. The molecule has 0 radical (unpaired) electrons. The number of methoxy groups -OCH3 is 2. The van der Waals surface area contributed by atoms with Crippen LogP contribution in [0.2, 0.25) is 0 Å². The predicted molar refractivity (Wildman–Crippen MR) is 105 cm³/mol. The molecule has 1 atom stereocenters. The zero-order chi connectivity index (χ0) is 20.4. The molecule has 148 valence electrons. The van der Waals surface area contributed by atoms with Crippen LogP contribution in [0.4, 0.5) is 0 Å². The van der Waals surface area contributed by atoms with Gasteiger partial charge in [-0.1, -0.05) is 18.2 Å². The fourth-order valence-corrected chi connectivity index (χ4v) is 3.40. The van der Waals surface area contributed by atoms with Crippen molar-refractivity contribution in [2.45, 2.75) is 19.4 Å². The molecule has 0 fully saturated rings. The third-order valence-corrected chi connectivity index (χ3v) is 4.82. The van der Waals surface area contributed by atoms with Gasteiger partial charge in [0, 0.05) is 13.3 Å². The van der Waals surface area contributed by atoms with Gasteiger partial charge in [-0.2, -0.15) is 5.10 Å². The summed E-state index contributed by atoms with van der Waals surface area (Å²) in [5.74, 6) is 1.12. The summed E-state index contributed by atoms with van der Waals surface area (Å²) in [4.78, 5) is 12.3. The number of carbonyl (C=O) groups is 1. The third kappa shape index (κ3) is 3.54. The molecule has 1 aromatic heterocycles. The first-order chi connectivity index (χ1) is 14.1. The minimum Gasteiger partial charge on any atom is -0.493 e. The fourth-order valence-electron chi connectivity index (χ4n) is 3.40. The maximum Gasteiger partial charge on any atom is 0.240 e. The Morgan fingerprint density at radius 3 is 2.62 bits per heavy atom. The van der Waals surface area contributed by atoms with Crippen LogP contribution in [0.25, 0.3) is 5.69 Å². The Hall–Kier alpha value is -3.75. The minimum atomic E-state index is -0.223. The molecular weight excluding hydrogens is 372 g/mol. The number of amides is 1. The van der Waals surface area contributed by atoms with Crippen molar-refractivity contribution in [3.63, 3.8) is 0 Å². The standard InChI is InChI=1S/C20H20N6O3/c1-13(27)26-18(15-7-8-19(28-2)20(10-15)29-3)11-17(22-26)14-5-4-6-16(9-14)25-12-21-23-24-25/h4-10,12,18H,11H2,1-3H3. The van der Waals surface area contributed by atoms with E-state index >= 15 is 0 Å². The summed E-state index contributed by atoms with van der Waals surface area (Å²) in [6.07, 6.45) is 2.11. The van der Waals surface area contributed by atoms with Crippen LogP contribution >= 0.6 is 0 Å². The topological polar surface area (TPSA) is 94.7 Å². The second-order valence-electron chi connectivity index (χ2n) is 6.55.